The third-order valence-electron chi connectivity index (χ3n) is 18.4. The minimum absolute atomic E-state index is 0. The molecule has 0 unspecified atom stereocenters. The van der Waals surface area contributed by atoms with Crippen LogP contribution in [0.25, 0.3) is 0 Å². The molecule has 5 rings (SSSR count). The van der Waals surface area contributed by atoms with Crippen molar-refractivity contribution in [2.75, 3.05) is 435 Å². The molecule has 2 N–H and O–H groups in total. The number of phenols is 2. The highest BCUT2D eigenvalue weighted by atomic mass is 79.9. The van der Waals surface area contributed by atoms with Gasteiger partial charge in [0.2, 0.25) is 17.2 Å². The van der Waals surface area contributed by atoms with Gasteiger partial charge in [-0.25, -0.2) is 9.59 Å². The van der Waals surface area contributed by atoms with Gasteiger partial charge in [-0.1, -0.05) is 23.4 Å². The first-order valence-corrected chi connectivity index (χ1v) is 49.0. The molecule has 0 aliphatic carbocycles. The first-order valence-electron chi connectivity index (χ1n) is 47.9. The molecule has 0 atom stereocenters. The number of esters is 2. The lowest BCUT2D eigenvalue weighted by molar-refractivity contribution is 0.0146. The van der Waals surface area contributed by atoms with Crippen LogP contribution in [0, 0.1) is 0 Å². The fourth-order valence-corrected chi connectivity index (χ4v) is 11.7. The van der Waals surface area contributed by atoms with E-state index in [2.05, 4.69) is 20.7 Å². The molecule has 0 aliphatic heterocycles. The molecule has 0 heterocycles. The second kappa shape index (κ2) is 97.6. The lowest BCUT2D eigenvalue weighted by Gasteiger charge is -2.20. The third kappa shape index (κ3) is 70.7. The SMILES string of the molecule is C.COC(=O)c1cc(O)cc(O)c1.COCCOCCOCCOc1cc(CBr)cc(OCCOCCOCCOC)c1OCCOCCOCCOC.COCCOCCOCCOc1cc(COc2cc(OCc3cc(OCCOCCOCCOC)c(OCCOCCOCCOC)c(OCCOCCOCCOC)c3)cc(C(=O)OC)c2)cc(OCCOCCOCCOC)c1OCCOCCOCCOC. The molecule has 45 heteroatoms. The number of alkyl halides is 1. The Labute approximate surface area is 869 Å². The Morgan fingerprint density at radius 3 is 0.541 bits per heavy atom. The summed E-state index contributed by atoms with van der Waals surface area (Å²) in [6.45, 7) is 20.7. The molecule has 0 aromatic heterocycles. The van der Waals surface area contributed by atoms with Crippen molar-refractivity contribution in [1.29, 1.82) is 0 Å². The minimum atomic E-state index is -0.619. The summed E-state index contributed by atoms with van der Waals surface area (Å²) < 4.78 is 225. The standard InChI is InChI=1S/C64H104O28.C28H49BrO12.C8H8O4.CH4/c1-66-8-14-73-20-26-79-32-38-85-58-44-53(45-59(86-39-33-80-27-21-74-15-9-67-2)62(58)89-42-36-83-30-24-77-18-12-70-5)51-91-56-48-55(64(65)72-7)49-57(50-56)92-52-54-46-60(87-40-34-81-28-22-75-16-10-68-3)63(90-43-37-84-31-25-78-19-13-71-6)61(47-54)88-41-35-82-29-23-76-17-11-69-4;1-30-4-7-33-10-13-36-16-19-39-26-22-25(24-29)23-27(40-20-17-37-14-11-34-8-5-31-2)28(26)41-21-18-38-15-12-35-9-6-32-3;1-12-8(11)5-2-6(9)4-7(10)3-5;/h44-50H,8-43,51-52H2,1-7H3;22-23H,4-21,24H2,1-3H3;2-4,9-10H,1H3;1H4. The smallest absolute Gasteiger partial charge is 0.338 e. The van der Waals surface area contributed by atoms with Gasteiger partial charge in [-0.15, -0.1) is 0 Å². The number of methoxy groups -OCH3 is 11. The number of hydrogen-bond acceptors (Lipinski definition) is 44. The predicted molar refractivity (Wildman–Crippen MR) is 537 cm³/mol. The Morgan fingerprint density at radius 2 is 0.363 bits per heavy atom. The molecular weight excluding hydrogens is 2000 g/mol. The highest BCUT2D eigenvalue weighted by Gasteiger charge is 2.23. The van der Waals surface area contributed by atoms with Crippen LogP contribution in [0.3, 0.4) is 0 Å². The van der Waals surface area contributed by atoms with E-state index in [4.69, 9.17) is 195 Å². The average Bonchev–Trinajstić information content (AvgIpc) is 0.818. The molecule has 0 aliphatic rings. The van der Waals surface area contributed by atoms with Crippen LogP contribution < -0.4 is 52.1 Å². The summed E-state index contributed by atoms with van der Waals surface area (Å²) >= 11 is 3.52. The van der Waals surface area contributed by atoms with Gasteiger partial charge in [0, 0.05) is 81.5 Å². The molecule has 5 aromatic rings. The Morgan fingerprint density at radius 1 is 0.199 bits per heavy atom. The fraction of sp³-hybridized carbons (Fsp3) is 0.683. The number of benzene rings is 5. The van der Waals surface area contributed by atoms with Gasteiger partial charge >= 0.3 is 11.9 Å². The molecule has 146 heavy (non-hydrogen) atoms. The monoisotopic (exact) mass is 2160 g/mol. The number of ether oxygens (including phenoxy) is 40. The maximum absolute atomic E-state index is 13.3. The van der Waals surface area contributed by atoms with Crippen LogP contribution >= 0.6 is 15.9 Å². The molecule has 0 spiro atoms. The quantitative estimate of drug-likeness (QED) is 0.0208. The molecule has 0 saturated carbocycles. The number of halogens is 1. The zero-order chi connectivity index (χ0) is 105. The first-order chi connectivity index (χ1) is 71.3. The molecule has 0 amide bonds. The van der Waals surface area contributed by atoms with E-state index in [0.717, 1.165) is 11.6 Å². The van der Waals surface area contributed by atoms with Crippen LogP contribution in [0.1, 0.15) is 44.8 Å². The second-order valence-electron chi connectivity index (χ2n) is 29.5. The molecule has 840 valence electrons. The average molecular weight is 2160 g/mol. The van der Waals surface area contributed by atoms with E-state index >= 15 is 0 Å². The molecule has 0 fully saturated rings. The molecule has 5 aromatic carbocycles. The van der Waals surface area contributed by atoms with Crippen molar-refractivity contribution >= 4 is 27.9 Å². The number of carbonyl (C=O) groups excluding carboxylic acids is 2. The Bertz CT molecular complexity index is 3570. The van der Waals surface area contributed by atoms with Crippen molar-refractivity contribution in [3.63, 3.8) is 0 Å². The number of aromatic hydroxyl groups is 2. The fourth-order valence-electron chi connectivity index (χ4n) is 11.4. The van der Waals surface area contributed by atoms with Crippen molar-refractivity contribution in [1.82, 2.24) is 0 Å². The van der Waals surface area contributed by atoms with E-state index in [1.165, 1.54) is 26.4 Å². The molecule has 0 saturated heterocycles. The van der Waals surface area contributed by atoms with Crippen LogP contribution in [0.5, 0.6) is 74.7 Å². The van der Waals surface area contributed by atoms with Gasteiger partial charge in [0.25, 0.3) is 0 Å². The summed E-state index contributed by atoms with van der Waals surface area (Å²) in [7, 11) is 17.1. The summed E-state index contributed by atoms with van der Waals surface area (Å²) in [5.74, 6) is 2.71. The Hall–Kier alpha value is -8.16. The zero-order valence-electron chi connectivity index (χ0n) is 86.7. The van der Waals surface area contributed by atoms with E-state index in [1.54, 1.807) is 106 Å². The summed E-state index contributed by atoms with van der Waals surface area (Å²) in [6, 6.07) is 19.3. The normalized spacial score (nSPS) is 11.0. The topological polar surface area (TPSA) is 444 Å². The van der Waals surface area contributed by atoms with Gasteiger partial charge in [0.1, 0.15) is 95.7 Å². The van der Waals surface area contributed by atoms with Crippen molar-refractivity contribution in [2.24, 2.45) is 0 Å². The van der Waals surface area contributed by atoms with Crippen LogP contribution in [0.2, 0.25) is 0 Å². The van der Waals surface area contributed by atoms with Gasteiger partial charge in [0.05, 0.1) is 323 Å². The molecule has 44 nitrogen and oxygen atoms in total. The van der Waals surface area contributed by atoms with Crippen LogP contribution in [0.15, 0.2) is 72.8 Å². The van der Waals surface area contributed by atoms with Gasteiger partial charge in [-0.3, -0.25) is 0 Å². The number of phenolic OH excluding ortho intramolecular Hbond substituents is 2. The van der Waals surface area contributed by atoms with Crippen molar-refractivity contribution in [2.45, 2.75) is 26.0 Å². The van der Waals surface area contributed by atoms with Crippen LogP contribution in [-0.4, -0.2) is 457 Å². The Balaban J connectivity index is 0.00000109. The minimum Gasteiger partial charge on any atom is -0.508 e. The van der Waals surface area contributed by atoms with Gasteiger partial charge in [-0.05, 0) is 77.4 Å². The summed E-state index contributed by atoms with van der Waals surface area (Å²) in [6.07, 6.45) is 0. The van der Waals surface area contributed by atoms with Crippen molar-refractivity contribution < 1.29 is 209 Å². The largest absolute Gasteiger partial charge is 0.508 e. The number of carbonyl (C=O) groups is 2. The maximum atomic E-state index is 13.3. The highest BCUT2D eigenvalue weighted by molar-refractivity contribution is 9.08. The third-order valence-corrected chi connectivity index (χ3v) is 19.0. The maximum Gasteiger partial charge on any atom is 0.338 e. The van der Waals surface area contributed by atoms with E-state index in [-0.39, 0.29) is 134 Å². The molecular formula is C101H165BrO44. The lowest BCUT2D eigenvalue weighted by atomic mass is 10.1. The van der Waals surface area contributed by atoms with E-state index in [9.17, 15) is 9.59 Å². The summed E-state index contributed by atoms with van der Waals surface area (Å²) in [5, 5.41) is 18.6. The summed E-state index contributed by atoms with van der Waals surface area (Å²) in [4.78, 5) is 24.1. The van der Waals surface area contributed by atoms with Gasteiger partial charge < -0.3 is 200 Å². The van der Waals surface area contributed by atoms with Crippen molar-refractivity contribution in [3.8, 4) is 74.7 Å². The lowest BCUT2D eigenvalue weighted by Crippen LogP contribution is -2.16. The van der Waals surface area contributed by atoms with E-state index < -0.39 is 11.9 Å². The zero-order valence-corrected chi connectivity index (χ0v) is 88.2. The van der Waals surface area contributed by atoms with Crippen molar-refractivity contribution in [3.05, 3.63) is 101 Å². The van der Waals surface area contributed by atoms with Gasteiger partial charge in [0.15, 0.2) is 34.5 Å². The highest BCUT2D eigenvalue weighted by Crippen LogP contribution is 2.43. The Kier molecular flexibility index (Phi) is 89.5. The number of hydrogen-bond donors (Lipinski definition) is 2. The molecule has 0 radical (unpaired) electrons. The second-order valence-corrected chi connectivity index (χ2v) is 30.0. The van der Waals surface area contributed by atoms with Crippen LogP contribution in [0.4, 0.5) is 0 Å². The summed E-state index contributed by atoms with van der Waals surface area (Å²) in [5.41, 5.74) is 2.52. The van der Waals surface area contributed by atoms with Crippen LogP contribution in [-0.2, 0) is 156 Å². The van der Waals surface area contributed by atoms with E-state index in [0.29, 0.717) is 346 Å². The molecule has 0 bridgehead atoms. The first kappa shape index (κ1) is 134. The van der Waals surface area contributed by atoms with E-state index in [1.807, 2.05) is 12.1 Å². The number of rotatable bonds is 99. The predicted octanol–water partition coefficient (Wildman–Crippen LogP) is 9.26. The van der Waals surface area contributed by atoms with Gasteiger partial charge in [-0.2, -0.15) is 0 Å².